The largest absolute Gasteiger partial charge is 0.490 e. The quantitative estimate of drug-likeness (QED) is 0.0331. The molecule has 0 amide bonds. The monoisotopic (exact) mass is 951 g/mol. The van der Waals surface area contributed by atoms with E-state index < -0.39 is 6.10 Å². The number of carbonyl (C=O) groups is 4. The minimum Gasteiger partial charge on any atom is -0.490 e. The Hall–Kier alpha value is -4.68. The van der Waals surface area contributed by atoms with Crippen molar-refractivity contribution in [2.75, 3.05) is 52.9 Å². The summed E-state index contributed by atoms with van der Waals surface area (Å²) in [5.74, 6) is 5.21. The number of carbonyl (C=O) groups excluding carboxylic acids is 4. The fourth-order valence-electron chi connectivity index (χ4n) is 8.42. The molecule has 6 unspecified atom stereocenters. The number of rotatable bonds is 29. The van der Waals surface area contributed by atoms with Gasteiger partial charge in [0.1, 0.15) is 24.7 Å². The smallest absolute Gasteiger partial charge is 0.333 e. The van der Waals surface area contributed by atoms with E-state index in [1.54, 1.807) is 52.4 Å². The van der Waals surface area contributed by atoms with Crippen LogP contribution in [0.5, 0.6) is 11.5 Å². The normalized spacial score (nSPS) is 18.0. The van der Waals surface area contributed by atoms with Gasteiger partial charge in [0, 0.05) is 37.2 Å². The average molecular weight is 951 g/mol. The van der Waals surface area contributed by atoms with Crippen LogP contribution in [-0.2, 0) is 47.6 Å². The molecule has 3 fully saturated rings. The molecule has 5 rings (SSSR count). The van der Waals surface area contributed by atoms with Gasteiger partial charge in [-0.05, 0) is 133 Å². The summed E-state index contributed by atoms with van der Waals surface area (Å²) >= 11 is 0. The Morgan fingerprint density at radius 2 is 0.971 bits per heavy atom. The molecule has 2 bridgehead atoms. The van der Waals surface area contributed by atoms with Crippen LogP contribution in [0.15, 0.2) is 85.0 Å². The van der Waals surface area contributed by atoms with Crippen molar-refractivity contribution < 1.29 is 57.1 Å². The van der Waals surface area contributed by atoms with Crippen LogP contribution in [-0.4, -0.2) is 88.9 Å². The summed E-state index contributed by atoms with van der Waals surface area (Å²) in [5, 5.41) is 0. The van der Waals surface area contributed by atoms with Crippen LogP contribution in [0, 0.1) is 23.7 Å². The van der Waals surface area contributed by atoms with Gasteiger partial charge in [0.05, 0.1) is 26.4 Å². The molecule has 12 nitrogen and oxygen atoms in total. The highest BCUT2D eigenvalue weighted by Crippen LogP contribution is 2.58. The highest BCUT2D eigenvalue weighted by atomic mass is 16.6. The minimum atomic E-state index is -0.436. The zero-order chi connectivity index (χ0) is 49.8. The summed E-state index contributed by atoms with van der Waals surface area (Å²) in [6, 6.07) is 18.9. The maximum atomic E-state index is 12.1. The summed E-state index contributed by atoms with van der Waals surface area (Å²) in [6.45, 7) is 21.4. The molecule has 382 valence electrons. The molecule has 68 heavy (non-hydrogen) atoms. The van der Waals surface area contributed by atoms with Gasteiger partial charge in [-0.1, -0.05) is 95.5 Å². The second kappa shape index (κ2) is 37.2. The summed E-state index contributed by atoms with van der Waals surface area (Å²) in [4.78, 5) is 45.7. The predicted molar refractivity (Wildman–Crippen MR) is 267 cm³/mol. The van der Waals surface area contributed by atoms with Crippen molar-refractivity contribution >= 4 is 23.9 Å². The molecule has 0 aromatic heterocycles. The average Bonchev–Trinajstić information content (AvgIpc) is 4.11. The Morgan fingerprint density at radius 1 is 0.544 bits per heavy atom. The van der Waals surface area contributed by atoms with Gasteiger partial charge in [-0.15, -0.1) is 0 Å². The van der Waals surface area contributed by atoms with Gasteiger partial charge in [0.2, 0.25) is 0 Å². The highest BCUT2D eigenvalue weighted by molar-refractivity contribution is 5.87. The minimum absolute atomic E-state index is 0.187. The molecule has 0 radical (unpaired) electrons. The maximum Gasteiger partial charge on any atom is 0.333 e. The van der Waals surface area contributed by atoms with Crippen LogP contribution < -0.4 is 9.47 Å². The number of hydrogen-bond acceptors (Lipinski definition) is 12. The molecule has 6 atom stereocenters. The Balaban J connectivity index is 0.000000340. The van der Waals surface area contributed by atoms with Gasteiger partial charge >= 0.3 is 23.9 Å². The number of benzene rings is 2. The second-order valence-electron chi connectivity index (χ2n) is 17.8. The molecule has 0 spiro atoms. The maximum absolute atomic E-state index is 12.1. The van der Waals surface area contributed by atoms with E-state index in [2.05, 4.69) is 20.1 Å². The molecular formula is C56H86O12. The molecule has 2 aromatic rings. The standard InChI is InChI=1S/C22H32O6.C16H24O4.C10H16.C8H14O2/c1-4-25-16-20(17-27-19-12-8-7-9-13-19)28-21(23)14-10-5-6-11-15-26-22(24)18(2)3;1-3-5-11-16(17)20-15(12-18-4-2)13-19-14-9-7-6-8-10-14;1-2-9-7-4-5-8(6-7)10(9)3-1;1-4-5-6-10-8(9)7(2)3/h7-9,12-13,20H,2,4-6,10-11,14-17H2,1,3H3;6-10,15H,3-5,11-13H2,1-2H3;7-10H,1-6H2;2,4-6H2,1,3H3. The van der Waals surface area contributed by atoms with Crippen LogP contribution in [0.3, 0.4) is 0 Å². The van der Waals surface area contributed by atoms with E-state index >= 15 is 0 Å². The highest BCUT2D eigenvalue weighted by Gasteiger charge is 2.48. The number of unbranched alkanes of at least 4 members (excludes halogenated alkanes) is 5. The van der Waals surface area contributed by atoms with E-state index in [4.69, 9.17) is 37.9 Å². The van der Waals surface area contributed by atoms with Crippen LogP contribution in [0.2, 0.25) is 0 Å². The molecular weight excluding hydrogens is 865 g/mol. The predicted octanol–water partition coefficient (Wildman–Crippen LogP) is 12.0. The van der Waals surface area contributed by atoms with E-state index in [0.717, 1.165) is 62.9 Å². The molecule has 2 aromatic carbocycles. The third kappa shape index (κ3) is 26.8. The molecule has 12 heteroatoms. The Bertz CT molecular complexity index is 1660. The van der Waals surface area contributed by atoms with Gasteiger partial charge in [0.25, 0.3) is 0 Å². The van der Waals surface area contributed by atoms with Gasteiger partial charge < -0.3 is 37.9 Å². The molecule has 0 N–H and O–H groups in total. The zero-order valence-electron chi connectivity index (χ0n) is 42.5. The fourth-order valence-corrected chi connectivity index (χ4v) is 8.42. The molecule has 3 saturated carbocycles. The van der Waals surface area contributed by atoms with E-state index in [9.17, 15) is 19.2 Å². The molecule has 3 aliphatic carbocycles. The van der Waals surface area contributed by atoms with Crippen molar-refractivity contribution in [3.63, 3.8) is 0 Å². The van der Waals surface area contributed by atoms with E-state index in [-0.39, 0.29) is 36.6 Å². The SMILES string of the molecule is C1CC2C3CCC(C3)C2C1.C=C(C)C(=O)OCCCC.C=C(C)C(=O)OCCCCCCC(=O)OC(COCC)COc1ccccc1.CCCCC(=O)OC(COCC)COc1ccccc1. The lowest BCUT2D eigenvalue weighted by Gasteiger charge is -2.23. The van der Waals surface area contributed by atoms with Gasteiger partial charge in [-0.25, -0.2) is 9.59 Å². The first-order valence-electron chi connectivity index (χ1n) is 25.5. The number of ether oxygens (including phenoxy) is 8. The third-order valence-electron chi connectivity index (χ3n) is 12.0. The van der Waals surface area contributed by atoms with Gasteiger partial charge in [-0.2, -0.15) is 0 Å². The first kappa shape index (κ1) is 59.4. The number of hydrogen-bond donors (Lipinski definition) is 0. The lowest BCUT2D eigenvalue weighted by molar-refractivity contribution is -0.155. The van der Waals surface area contributed by atoms with Crippen LogP contribution >= 0.6 is 0 Å². The third-order valence-corrected chi connectivity index (χ3v) is 12.0. The Kier molecular flexibility index (Phi) is 32.6. The summed E-state index contributed by atoms with van der Waals surface area (Å²) in [6.07, 6.45) is 16.6. The van der Waals surface area contributed by atoms with Gasteiger partial charge in [0.15, 0.2) is 12.2 Å². The molecule has 0 aliphatic heterocycles. The van der Waals surface area contributed by atoms with E-state index in [1.165, 1.54) is 23.7 Å². The molecule has 3 aliphatic rings. The van der Waals surface area contributed by atoms with Crippen molar-refractivity contribution in [3.8, 4) is 11.5 Å². The van der Waals surface area contributed by atoms with Crippen molar-refractivity contribution in [1.82, 2.24) is 0 Å². The summed E-state index contributed by atoms with van der Waals surface area (Å²) in [5.41, 5.74) is 0.872. The van der Waals surface area contributed by atoms with Gasteiger partial charge in [-0.3, -0.25) is 9.59 Å². The van der Waals surface area contributed by atoms with Crippen molar-refractivity contribution in [1.29, 1.82) is 0 Å². The number of para-hydroxylation sites is 2. The van der Waals surface area contributed by atoms with Crippen molar-refractivity contribution in [2.45, 2.75) is 156 Å². The fraction of sp³-hybridized carbons (Fsp3) is 0.643. The number of esters is 4. The lowest BCUT2D eigenvalue weighted by atomic mass is 9.82. The Labute approximate surface area is 409 Å². The molecule has 0 heterocycles. The van der Waals surface area contributed by atoms with E-state index in [1.807, 2.05) is 81.4 Å². The van der Waals surface area contributed by atoms with E-state index in [0.29, 0.717) is 70.2 Å². The van der Waals surface area contributed by atoms with Crippen LogP contribution in [0.25, 0.3) is 0 Å². The topological polar surface area (TPSA) is 142 Å². The van der Waals surface area contributed by atoms with Crippen molar-refractivity contribution in [3.05, 3.63) is 85.0 Å². The second-order valence-corrected chi connectivity index (χ2v) is 17.8. The van der Waals surface area contributed by atoms with Crippen LogP contribution in [0.1, 0.15) is 144 Å². The van der Waals surface area contributed by atoms with Crippen LogP contribution in [0.4, 0.5) is 0 Å². The first-order valence-corrected chi connectivity index (χ1v) is 25.5. The summed E-state index contributed by atoms with van der Waals surface area (Å²) < 4.78 is 42.7. The number of fused-ring (bicyclic) bond motifs is 5. The van der Waals surface area contributed by atoms with Crippen molar-refractivity contribution in [2.24, 2.45) is 23.7 Å². The lowest BCUT2D eigenvalue weighted by Crippen LogP contribution is -2.30. The summed E-state index contributed by atoms with van der Waals surface area (Å²) in [7, 11) is 0. The Morgan fingerprint density at radius 3 is 1.40 bits per heavy atom. The zero-order valence-corrected chi connectivity index (χ0v) is 42.5. The first-order chi connectivity index (χ1) is 32.9. The molecule has 0 saturated heterocycles.